The van der Waals surface area contributed by atoms with Crippen LogP contribution in [0.5, 0.6) is 0 Å². The quantitative estimate of drug-likeness (QED) is 0.699. The van der Waals surface area contributed by atoms with Crippen molar-refractivity contribution in [3.63, 3.8) is 0 Å². The molecule has 0 unspecified atom stereocenters. The van der Waals surface area contributed by atoms with Gasteiger partial charge in [0.15, 0.2) is 0 Å². The SMILES string of the molecule is CC(C)(CN)CNC(=O)CC1CCC1. The van der Waals surface area contributed by atoms with Crippen LogP contribution in [0.1, 0.15) is 39.5 Å². The Bertz CT molecular complexity index is 197. The second-order valence-electron chi connectivity index (χ2n) is 5.15. The molecule has 1 amide bonds. The Morgan fingerprint density at radius 2 is 2.14 bits per heavy atom. The molecule has 1 saturated carbocycles. The molecule has 3 nitrogen and oxygen atoms in total. The van der Waals surface area contributed by atoms with Gasteiger partial charge in [0.05, 0.1) is 0 Å². The fraction of sp³-hybridized carbons (Fsp3) is 0.909. The molecule has 3 N–H and O–H groups in total. The van der Waals surface area contributed by atoms with Gasteiger partial charge in [0.25, 0.3) is 0 Å². The Labute approximate surface area is 86.4 Å². The summed E-state index contributed by atoms with van der Waals surface area (Å²) >= 11 is 0. The molecular weight excluding hydrogens is 176 g/mol. The maximum absolute atomic E-state index is 11.5. The van der Waals surface area contributed by atoms with Crippen molar-refractivity contribution in [3.8, 4) is 0 Å². The first-order valence-corrected chi connectivity index (χ1v) is 5.50. The first-order chi connectivity index (χ1) is 6.53. The van der Waals surface area contributed by atoms with Crippen molar-refractivity contribution in [2.24, 2.45) is 17.1 Å². The number of nitrogens with one attached hydrogen (secondary N) is 1. The summed E-state index contributed by atoms with van der Waals surface area (Å²) in [5.41, 5.74) is 5.60. The second-order valence-corrected chi connectivity index (χ2v) is 5.15. The van der Waals surface area contributed by atoms with Crippen molar-refractivity contribution in [1.29, 1.82) is 0 Å². The summed E-state index contributed by atoms with van der Waals surface area (Å²) in [7, 11) is 0. The summed E-state index contributed by atoms with van der Waals surface area (Å²) in [6.07, 6.45) is 4.47. The Morgan fingerprint density at radius 3 is 2.57 bits per heavy atom. The van der Waals surface area contributed by atoms with E-state index in [0.29, 0.717) is 25.4 Å². The van der Waals surface area contributed by atoms with Gasteiger partial charge >= 0.3 is 0 Å². The normalized spacial score (nSPS) is 17.6. The highest BCUT2D eigenvalue weighted by atomic mass is 16.1. The third-order valence-electron chi connectivity index (χ3n) is 3.02. The predicted octanol–water partition coefficient (Wildman–Crippen LogP) is 1.28. The van der Waals surface area contributed by atoms with Crippen LogP contribution in [-0.4, -0.2) is 19.0 Å². The van der Waals surface area contributed by atoms with E-state index in [1.165, 1.54) is 19.3 Å². The van der Waals surface area contributed by atoms with Crippen LogP contribution in [0.3, 0.4) is 0 Å². The molecule has 1 aliphatic rings. The summed E-state index contributed by atoms with van der Waals surface area (Å²) < 4.78 is 0. The number of hydrogen-bond acceptors (Lipinski definition) is 2. The predicted molar refractivity (Wildman–Crippen MR) is 57.8 cm³/mol. The molecule has 0 radical (unpaired) electrons. The number of nitrogens with two attached hydrogens (primary N) is 1. The van der Waals surface area contributed by atoms with Crippen LogP contribution in [0, 0.1) is 11.3 Å². The van der Waals surface area contributed by atoms with Crippen molar-refractivity contribution in [2.45, 2.75) is 39.5 Å². The van der Waals surface area contributed by atoms with Gasteiger partial charge in [-0.05, 0) is 30.7 Å². The lowest BCUT2D eigenvalue weighted by molar-refractivity contribution is -0.123. The lowest BCUT2D eigenvalue weighted by Crippen LogP contribution is -2.39. The lowest BCUT2D eigenvalue weighted by Gasteiger charge is -2.26. The number of rotatable bonds is 5. The molecule has 0 bridgehead atoms. The average Bonchev–Trinajstić information content (AvgIpc) is 2.08. The fourth-order valence-corrected chi connectivity index (χ4v) is 1.44. The minimum atomic E-state index is 0.0231. The zero-order valence-electron chi connectivity index (χ0n) is 9.31. The first-order valence-electron chi connectivity index (χ1n) is 5.50. The van der Waals surface area contributed by atoms with Crippen LogP contribution in [0.15, 0.2) is 0 Å². The largest absolute Gasteiger partial charge is 0.356 e. The van der Waals surface area contributed by atoms with Crippen LogP contribution < -0.4 is 11.1 Å². The Balaban J connectivity index is 2.13. The van der Waals surface area contributed by atoms with Crippen molar-refractivity contribution < 1.29 is 4.79 Å². The summed E-state index contributed by atoms with van der Waals surface area (Å²) in [6.45, 7) is 5.43. The van der Waals surface area contributed by atoms with Gasteiger partial charge < -0.3 is 11.1 Å². The smallest absolute Gasteiger partial charge is 0.220 e. The minimum Gasteiger partial charge on any atom is -0.356 e. The highest BCUT2D eigenvalue weighted by Gasteiger charge is 2.22. The molecule has 1 fully saturated rings. The highest BCUT2D eigenvalue weighted by Crippen LogP contribution is 2.29. The topological polar surface area (TPSA) is 55.1 Å². The molecule has 0 aromatic heterocycles. The van der Waals surface area contributed by atoms with Gasteiger partial charge in [-0.15, -0.1) is 0 Å². The summed E-state index contributed by atoms with van der Waals surface area (Å²) in [6, 6.07) is 0. The molecule has 3 heteroatoms. The van der Waals surface area contributed by atoms with Gasteiger partial charge in [0.1, 0.15) is 0 Å². The van der Waals surface area contributed by atoms with E-state index in [2.05, 4.69) is 19.2 Å². The monoisotopic (exact) mass is 198 g/mol. The zero-order valence-corrected chi connectivity index (χ0v) is 9.31. The first kappa shape index (κ1) is 11.5. The van der Waals surface area contributed by atoms with Gasteiger partial charge in [-0.2, -0.15) is 0 Å². The van der Waals surface area contributed by atoms with E-state index in [4.69, 9.17) is 5.73 Å². The van der Waals surface area contributed by atoms with Gasteiger partial charge in [-0.1, -0.05) is 20.3 Å². The molecule has 0 spiro atoms. The van der Waals surface area contributed by atoms with Crippen molar-refractivity contribution >= 4 is 5.91 Å². The van der Waals surface area contributed by atoms with E-state index in [1.54, 1.807) is 0 Å². The fourth-order valence-electron chi connectivity index (χ4n) is 1.44. The standard InChI is InChI=1S/C11H22N2O/c1-11(2,7-12)8-13-10(14)6-9-4-3-5-9/h9H,3-8,12H2,1-2H3,(H,13,14). The maximum Gasteiger partial charge on any atom is 0.220 e. The number of carbonyl (C=O) groups excluding carboxylic acids is 1. The molecule has 0 aromatic carbocycles. The molecule has 0 heterocycles. The molecule has 0 atom stereocenters. The van der Waals surface area contributed by atoms with E-state index >= 15 is 0 Å². The third kappa shape index (κ3) is 3.66. The second kappa shape index (κ2) is 4.78. The third-order valence-corrected chi connectivity index (χ3v) is 3.02. The van der Waals surface area contributed by atoms with Crippen molar-refractivity contribution in [1.82, 2.24) is 5.32 Å². The van der Waals surface area contributed by atoms with E-state index in [0.717, 1.165) is 0 Å². The summed E-state index contributed by atoms with van der Waals surface area (Å²) in [5.74, 6) is 0.840. The number of amides is 1. The summed E-state index contributed by atoms with van der Waals surface area (Å²) in [5, 5.41) is 2.95. The van der Waals surface area contributed by atoms with E-state index < -0.39 is 0 Å². The molecule has 1 aliphatic carbocycles. The van der Waals surface area contributed by atoms with Gasteiger partial charge in [-0.25, -0.2) is 0 Å². The maximum atomic E-state index is 11.5. The Kier molecular flexibility index (Phi) is 3.93. The van der Waals surface area contributed by atoms with Crippen LogP contribution >= 0.6 is 0 Å². The molecular formula is C11H22N2O. The average molecular weight is 198 g/mol. The zero-order chi connectivity index (χ0) is 10.6. The number of carbonyl (C=O) groups is 1. The van der Waals surface area contributed by atoms with Gasteiger partial charge in [-0.3, -0.25) is 4.79 Å². The molecule has 82 valence electrons. The van der Waals surface area contributed by atoms with Crippen LogP contribution in [0.25, 0.3) is 0 Å². The highest BCUT2D eigenvalue weighted by molar-refractivity contribution is 5.76. The number of hydrogen-bond donors (Lipinski definition) is 2. The van der Waals surface area contributed by atoms with E-state index in [-0.39, 0.29) is 11.3 Å². The molecule has 0 aliphatic heterocycles. The van der Waals surface area contributed by atoms with Gasteiger partial charge in [0, 0.05) is 13.0 Å². The van der Waals surface area contributed by atoms with Crippen LogP contribution in [-0.2, 0) is 4.79 Å². The Hall–Kier alpha value is -0.570. The van der Waals surface area contributed by atoms with E-state index in [1.807, 2.05) is 0 Å². The summed E-state index contributed by atoms with van der Waals surface area (Å²) in [4.78, 5) is 11.5. The molecule has 0 saturated heterocycles. The Morgan fingerprint density at radius 1 is 1.50 bits per heavy atom. The lowest BCUT2D eigenvalue weighted by atomic mass is 9.83. The van der Waals surface area contributed by atoms with Crippen LogP contribution in [0.2, 0.25) is 0 Å². The van der Waals surface area contributed by atoms with Crippen molar-refractivity contribution in [3.05, 3.63) is 0 Å². The van der Waals surface area contributed by atoms with Crippen molar-refractivity contribution in [2.75, 3.05) is 13.1 Å². The van der Waals surface area contributed by atoms with Gasteiger partial charge in [0.2, 0.25) is 5.91 Å². The van der Waals surface area contributed by atoms with E-state index in [9.17, 15) is 4.79 Å². The van der Waals surface area contributed by atoms with Crippen LogP contribution in [0.4, 0.5) is 0 Å². The molecule has 1 rings (SSSR count). The molecule has 14 heavy (non-hydrogen) atoms. The molecule has 0 aromatic rings. The minimum absolute atomic E-state index is 0.0231.